The Hall–Kier alpha value is -0.610. The maximum Gasteiger partial charge on any atom is 0.228 e. The summed E-state index contributed by atoms with van der Waals surface area (Å²) in [6.07, 6.45) is 8.07. The van der Waals surface area contributed by atoms with Crippen molar-refractivity contribution >= 4 is 39.1 Å². The average molecular weight is 370 g/mol. The second-order valence-corrected chi connectivity index (χ2v) is 8.15. The van der Waals surface area contributed by atoms with E-state index in [9.17, 15) is 4.79 Å². The molecule has 4 aliphatic carbocycles. The van der Waals surface area contributed by atoms with Crippen molar-refractivity contribution in [2.24, 2.45) is 29.6 Å². The summed E-state index contributed by atoms with van der Waals surface area (Å²) in [7, 11) is 0. The van der Waals surface area contributed by atoms with E-state index in [1.807, 2.05) is 6.07 Å². The number of carbonyl (C=O) groups excluding carboxylic acids is 1. The van der Waals surface area contributed by atoms with E-state index in [2.05, 4.69) is 26.2 Å². The van der Waals surface area contributed by atoms with E-state index in [0.29, 0.717) is 21.5 Å². The summed E-state index contributed by atoms with van der Waals surface area (Å²) in [4.78, 5) is 16.8. The van der Waals surface area contributed by atoms with Crippen LogP contribution in [0.15, 0.2) is 16.7 Å². The van der Waals surface area contributed by atoms with Crippen LogP contribution in [0.3, 0.4) is 0 Å². The Kier molecular flexibility index (Phi) is 3.49. The van der Waals surface area contributed by atoms with E-state index in [-0.39, 0.29) is 11.8 Å². The molecule has 0 unspecified atom stereocenters. The summed E-state index contributed by atoms with van der Waals surface area (Å²) < 4.78 is 0.715. The van der Waals surface area contributed by atoms with Crippen LogP contribution in [0.25, 0.3) is 0 Å². The molecule has 1 aromatic rings. The summed E-state index contributed by atoms with van der Waals surface area (Å²) in [5, 5.41) is 3.47. The first-order valence-electron chi connectivity index (χ1n) is 7.72. The lowest BCUT2D eigenvalue weighted by molar-refractivity contribution is -0.132. The van der Waals surface area contributed by atoms with Crippen LogP contribution in [0.4, 0.5) is 5.69 Å². The van der Waals surface area contributed by atoms with Crippen LogP contribution in [0.1, 0.15) is 32.1 Å². The number of rotatable bonds is 2. The van der Waals surface area contributed by atoms with Gasteiger partial charge in [0.2, 0.25) is 5.91 Å². The molecular weight excluding hydrogens is 352 g/mol. The van der Waals surface area contributed by atoms with Crippen LogP contribution in [0.5, 0.6) is 0 Å². The molecule has 4 saturated carbocycles. The van der Waals surface area contributed by atoms with Gasteiger partial charge in [-0.25, -0.2) is 4.98 Å². The predicted octanol–water partition coefficient (Wildman–Crippen LogP) is 4.51. The zero-order valence-electron chi connectivity index (χ0n) is 11.7. The Labute approximate surface area is 138 Å². The minimum atomic E-state index is 0.180. The van der Waals surface area contributed by atoms with Gasteiger partial charge in [0.05, 0.1) is 16.4 Å². The lowest BCUT2D eigenvalue weighted by Crippen LogP contribution is -2.49. The van der Waals surface area contributed by atoms with Crippen molar-refractivity contribution in [3.05, 3.63) is 21.9 Å². The summed E-state index contributed by atoms with van der Waals surface area (Å²) >= 11 is 9.24. The fourth-order valence-electron chi connectivity index (χ4n) is 5.07. The summed E-state index contributed by atoms with van der Waals surface area (Å²) in [5.74, 6) is 3.37. The highest BCUT2D eigenvalue weighted by atomic mass is 79.9. The Bertz CT molecular complexity index is 564. The molecule has 0 spiro atoms. The predicted molar refractivity (Wildman–Crippen MR) is 86.1 cm³/mol. The van der Waals surface area contributed by atoms with Crippen molar-refractivity contribution in [1.29, 1.82) is 0 Å². The molecule has 21 heavy (non-hydrogen) atoms. The minimum absolute atomic E-state index is 0.180. The van der Waals surface area contributed by atoms with Gasteiger partial charge in [-0.05, 0) is 77.8 Å². The summed E-state index contributed by atoms with van der Waals surface area (Å²) in [6.45, 7) is 0. The van der Waals surface area contributed by atoms with Crippen molar-refractivity contribution in [3.63, 3.8) is 0 Å². The van der Waals surface area contributed by atoms with E-state index in [1.54, 1.807) is 6.20 Å². The topological polar surface area (TPSA) is 42.0 Å². The van der Waals surface area contributed by atoms with Gasteiger partial charge in [-0.1, -0.05) is 11.6 Å². The normalized spacial score (nSPS) is 36.8. The molecule has 0 radical (unpaired) electrons. The molecule has 5 rings (SSSR count). The second kappa shape index (κ2) is 5.24. The van der Waals surface area contributed by atoms with Gasteiger partial charge >= 0.3 is 0 Å². The SMILES string of the molecule is O=C(Nc1cnc(Cl)c(Br)c1)C1C2CC3CC(C2)CC1C3. The summed E-state index contributed by atoms with van der Waals surface area (Å²) in [5.41, 5.74) is 0.727. The lowest BCUT2D eigenvalue weighted by atomic mass is 9.51. The smallest absolute Gasteiger partial charge is 0.228 e. The molecule has 4 fully saturated rings. The maximum atomic E-state index is 12.7. The Balaban J connectivity index is 1.51. The van der Waals surface area contributed by atoms with Gasteiger partial charge < -0.3 is 5.32 Å². The molecule has 112 valence electrons. The number of nitrogens with zero attached hydrogens (tertiary/aromatic N) is 1. The number of hydrogen-bond acceptors (Lipinski definition) is 2. The molecule has 0 saturated heterocycles. The van der Waals surface area contributed by atoms with E-state index < -0.39 is 0 Å². The van der Waals surface area contributed by atoms with Gasteiger partial charge in [0.1, 0.15) is 5.15 Å². The number of carbonyl (C=O) groups is 1. The largest absolute Gasteiger partial charge is 0.324 e. The first-order valence-corrected chi connectivity index (χ1v) is 8.89. The van der Waals surface area contributed by atoms with Gasteiger partial charge in [-0.3, -0.25) is 4.79 Å². The minimum Gasteiger partial charge on any atom is -0.324 e. The lowest BCUT2D eigenvalue weighted by Gasteiger charge is -2.53. The maximum absolute atomic E-state index is 12.7. The highest BCUT2D eigenvalue weighted by molar-refractivity contribution is 9.10. The molecule has 0 aromatic carbocycles. The van der Waals surface area contributed by atoms with Gasteiger partial charge in [0, 0.05) is 5.92 Å². The average Bonchev–Trinajstić information content (AvgIpc) is 2.41. The third-order valence-corrected chi connectivity index (χ3v) is 6.73. The molecule has 1 heterocycles. The number of aromatic nitrogens is 1. The molecule has 3 nitrogen and oxygen atoms in total. The van der Waals surface area contributed by atoms with E-state index in [4.69, 9.17) is 11.6 Å². The quantitative estimate of drug-likeness (QED) is 0.779. The first-order chi connectivity index (χ1) is 10.1. The highest BCUT2D eigenvalue weighted by Crippen LogP contribution is 2.56. The first kappa shape index (κ1) is 14.0. The molecule has 0 atom stereocenters. The van der Waals surface area contributed by atoms with Crippen molar-refractivity contribution in [2.45, 2.75) is 32.1 Å². The van der Waals surface area contributed by atoms with Crippen molar-refractivity contribution in [1.82, 2.24) is 4.98 Å². The van der Waals surface area contributed by atoms with Crippen molar-refractivity contribution < 1.29 is 4.79 Å². The number of anilines is 1. The van der Waals surface area contributed by atoms with Gasteiger partial charge in [0.25, 0.3) is 0 Å². The van der Waals surface area contributed by atoms with Gasteiger partial charge in [-0.15, -0.1) is 0 Å². The van der Waals surface area contributed by atoms with E-state index >= 15 is 0 Å². The highest BCUT2D eigenvalue weighted by Gasteiger charge is 2.50. The summed E-state index contributed by atoms with van der Waals surface area (Å²) in [6, 6.07) is 1.82. The number of hydrogen-bond donors (Lipinski definition) is 1. The zero-order valence-corrected chi connectivity index (χ0v) is 14.0. The van der Waals surface area contributed by atoms with Crippen LogP contribution >= 0.6 is 27.5 Å². The van der Waals surface area contributed by atoms with Crippen LogP contribution in [0.2, 0.25) is 5.15 Å². The monoisotopic (exact) mass is 368 g/mol. The van der Waals surface area contributed by atoms with E-state index in [1.165, 1.54) is 32.1 Å². The van der Waals surface area contributed by atoms with Crippen molar-refractivity contribution in [2.75, 3.05) is 5.32 Å². The molecule has 4 aliphatic rings. The number of pyridine rings is 1. The molecule has 0 aliphatic heterocycles. The molecular formula is C16H18BrClN2O. The van der Waals surface area contributed by atoms with Crippen LogP contribution in [0, 0.1) is 29.6 Å². The number of nitrogens with one attached hydrogen (secondary N) is 1. The fourth-order valence-corrected chi connectivity index (χ4v) is 5.52. The van der Waals surface area contributed by atoms with Gasteiger partial charge in [0.15, 0.2) is 0 Å². The molecule has 4 bridgehead atoms. The van der Waals surface area contributed by atoms with Crippen LogP contribution in [-0.4, -0.2) is 10.9 Å². The zero-order chi connectivity index (χ0) is 14.6. The molecule has 1 aromatic heterocycles. The number of amides is 1. The standard InChI is InChI=1S/C16H18BrClN2O/c17-13-6-12(7-19-15(13)18)20-16(21)14-10-2-8-1-9(4-10)5-11(14)3-8/h6-11,14H,1-5H2,(H,20,21). The van der Waals surface area contributed by atoms with Crippen LogP contribution < -0.4 is 5.32 Å². The number of halogens is 2. The fraction of sp³-hybridized carbons (Fsp3) is 0.625. The Morgan fingerprint density at radius 1 is 1.19 bits per heavy atom. The second-order valence-electron chi connectivity index (χ2n) is 6.94. The Morgan fingerprint density at radius 2 is 1.81 bits per heavy atom. The Morgan fingerprint density at radius 3 is 2.38 bits per heavy atom. The van der Waals surface area contributed by atoms with Crippen LogP contribution in [-0.2, 0) is 4.79 Å². The van der Waals surface area contributed by atoms with Crippen molar-refractivity contribution in [3.8, 4) is 0 Å². The van der Waals surface area contributed by atoms with Gasteiger partial charge in [-0.2, -0.15) is 0 Å². The molecule has 1 N–H and O–H groups in total. The molecule has 1 amide bonds. The third-order valence-electron chi connectivity index (χ3n) is 5.59. The molecule has 5 heteroatoms. The van der Waals surface area contributed by atoms with E-state index in [0.717, 1.165) is 17.5 Å². The third kappa shape index (κ3) is 2.50.